The molecular weight excluding hydrogens is 251 g/mol. The van der Waals surface area contributed by atoms with Crippen LogP contribution in [-0.2, 0) is 0 Å². The van der Waals surface area contributed by atoms with E-state index < -0.39 is 6.04 Å². The predicted octanol–water partition coefficient (Wildman–Crippen LogP) is 3.54. The normalized spacial score (nSPS) is 12.5. The Hall–Kier alpha value is -1.45. The summed E-state index contributed by atoms with van der Waals surface area (Å²) in [6, 6.07) is 4.53. The van der Waals surface area contributed by atoms with Gasteiger partial charge in [-0.1, -0.05) is 17.7 Å². The van der Waals surface area contributed by atoms with Crippen LogP contribution in [0.3, 0.4) is 0 Å². The van der Waals surface area contributed by atoms with Gasteiger partial charge in [-0.05, 0) is 42.7 Å². The van der Waals surface area contributed by atoms with Gasteiger partial charge in [0.25, 0.3) is 0 Å². The zero-order valence-corrected chi connectivity index (χ0v) is 11.0. The minimum absolute atomic E-state index is 0.298. The van der Waals surface area contributed by atoms with E-state index in [1.807, 2.05) is 19.9 Å². The van der Waals surface area contributed by atoms with Gasteiger partial charge < -0.3 is 5.73 Å². The third kappa shape index (κ3) is 2.37. The standard InChI is InChI=1S/C14H14ClFN2/c1-8-5-9(2)13(12(16)6-8)14(17)10-3-4-18-7-11(10)15/h3-7,14H,17H2,1-2H3. The lowest BCUT2D eigenvalue weighted by molar-refractivity contribution is 0.596. The highest BCUT2D eigenvalue weighted by molar-refractivity contribution is 6.31. The van der Waals surface area contributed by atoms with Crippen LogP contribution in [-0.4, -0.2) is 4.98 Å². The lowest BCUT2D eigenvalue weighted by Gasteiger charge is -2.17. The molecule has 4 heteroatoms. The van der Waals surface area contributed by atoms with Gasteiger partial charge in [-0.15, -0.1) is 0 Å². The van der Waals surface area contributed by atoms with Crippen LogP contribution >= 0.6 is 11.6 Å². The van der Waals surface area contributed by atoms with Crippen LogP contribution in [0.5, 0.6) is 0 Å². The summed E-state index contributed by atoms with van der Waals surface area (Å²) in [5.74, 6) is -0.298. The molecule has 1 aromatic carbocycles. The second kappa shape index (κ2) is 5.04. The quantitative estimate of drug-likeness (QED) is 0.901. The molecule has 94 valence electrons. The van der Waals surface area contributed by atoms with Crippen molar-refractivity contribution in [1.29, 1.82) is 0 Å². The Morgan fingerprint density at radius 1 is 1.33 bits per heavy atom. The molecule has 0 fully saturated rings. The smallest absolute Gasteiger partial charge is 0.128 e. The fourth-order valence-corrected chi connectivity index (χ4v) is 2.35. The first-order valence-corrected chi connectivity index (χ1v) is 6.00. The van der Waals surface area contributed by atoms with Crippen molar-refractivity contribution in [3.05, 3.63) is 63.7 Å². The van der Waals surface area contributed by atoms with Crippen molar-refractivity contribution in [2.75, 3.05) is 0 Å². The largest absolute Gasteiger partial charge is 0.320 e. The lowest BCUT2D eigenvalue weighted by Crippen LogP contribution is -2.16. The molecule has 2 nitrogen and oxygen atoms in total. The van der Waals surface area contributed by atoms with Crippen molar-refractivity contribution < 1.29 is 4.39 Å². The van der Waals surface area contributed by atoms with Crippen LogP contribution in [0.4, 0.5) is 4.39 Å². The van der Waals surface area contributed by atoms with Crippen LogP contribution in [0.15, 0.2) is 30.6 Å². The molecule has 0 bridgehead atoms. The number of aromatic nitrogens is 1. The van der Waals surface area contributed by atoms with Crippen LogP contribution in [0.25, 0.3) is 0 Å². The lowest BCUT2D eigenvalue weighted by atomic mass is 9.94. The topological polar surface area (TPSA) is 38.9 Å². The number of rotatable bonds is 2. The number of benzene rings is 1. The first-order chi connectivity index (χ1) is 8.50. The summed E-state index contributed by atoms with van der Waals surface area (Å²) in [6.45, 7) is 3.70. The third-order valence-electron chi connectivity index (χ3n) is 2.93. The molecule has 0 aliphatic heterocycles. The number of halogens is 2. The molecular formula is C14H14ClFN2. The number of pyridine rings is 1. The zero-order chi connectivity index (χ0) is 13.3. The van der Waals surface area contributed by atoms with Crippen molar-refractivity contribution in [2.24, 2.45) is 5.73 Å². The fraction of sp³-hybridized carbons (Fsp3) is 0.214. The summed E-state index contributed by atoms with van der Waals surface area (Å²) < 4.78 is 14.0. The molecule has 1 atom stereocenters. The van der Waals surface area contributed by atoms with Crippen molar-refractivity contribution in [1.82, 2.24) is 4.98 Å². The van der Waals surface area contributed by atoms with Gasteiger partial charge in [0.2, 0.25) is 0 Å². The van der Waals surface area contributed by atoms with E-state index >= 15 is 0 Å². The molecule has 0 saturated carbocycles. The third-order valence-corrected chi connectivity index (χ3v) is 3.25. The minimum atomic E-state index is -0.582. The predicted molar refractivity (Wildman–Crippen MR) is 71.2 cm³/mol. The molecule has 2 rings (SSSR count). The van der Waals surface area contributed by atoms with Gasteiger partial charge in [-0.3, -0.25) is 4.98 Å². The van der Waals surface area contributed by atoms with Crippen LogP contribution in [0.2, 0.25) is 5.02 Å². The molecule has 0 radical (unpaired) electrons. The van der Waals surface area contributed by atoms with Gasteiger partial charge in [0.15, 0.2) is 0 Å². The Bertz CT molecular complexity index is 561. The molecule has 1 unspecified atom stereocenters. The maximum absolute atomic E-state index is 14.0. The minimum Gasteiger partial charge on any atom is -0.320 e. The van der Waals surface area contributed by atoms with E-state index in [1.54, 1.807) is 12.3 Å². The zero-order valence-electron chi connectivity index (χ0n) is 10.2. The van der Waals surface area contributed by atoms with E-state index in [2.05, 4.69) is 4.98 Å². The van der Waals surface area contributed by atoms with E-state index in [4.69, 9.17) is 17.3 Å². The summed E-state index contributed by atoms with van der Waals surface area (Å²) in [7, 11) is 0. The van der Waals surface area contributed by atoms with Gasteiger partial charge in [0.1, 0.15) is 5.82 Å². The Morgan fingerprint density at radius 3 is 2.67 bits per heavy atom. The SMILES string of the molecule is Cc1cc(C)c(C(N)c2ccncc2Cl)c(F)c1. The van der Waals surface area contributed by atoms with Gasteiger partial charge in [0.05, 0.1) is 11.1 Å². The highest BCUT2D eigenvalue weighted by Gasteiger charge is 2.18. The Kier molecular flexibility index (Phi) is 3.64. The monoisotopic (exact) mass is 264 g/mol. The second-order valence-corrected chi connectivity index (χ2v) is 4.76. The summed E-state index contributed by atoms with van der Waals surface area (Å²) in [5, 5.41) is 0.448. The van der Waals surface area contributed by atoms with Gasteiger partial charge in [-0.25, -0.2) is 4.39 Å². The summed E-state index contributed by atoms with van der Waals surface area (Å²) in [5.41, 5.74) is 8.98. The molecule has 2 aromatic rings. The van der Waals surface area contributed by atoms with Gasteiger partial charge >= 0.3 is 0 Å². The number of hydrogen-bond donors (Lipinski definition) is 1. The van der Waals surface area contributed by atoms with E-state index in [0.29, 0.717) is 16.1 Å². The number of nitrogens with two attached hydrogens (primary N) is 1. The van der Waals surface area contributed by atoms with E-state index in [9.17, 15) is 4.39 Å². The first-order valence-electron chi connectivity index (χ1n) is 5.62. The van der Waals surface area contributed by atoms with E-state index in [0.717, 1.165) is 11.1 Å². The fourth-order valence-electron chi connectivity index (χ4n) is 2.11. The molecule has 0 amide bonds. The highest BCUT2D eigenvalue weighted by Crippen LogP contribution is 2.29. The average molecular weight is 265 g/mol. The first kappa shape index (κ1) is 13.0. The van der Waals surface area contributed by atoms with Crippen LogP contribution in [0.1, 0.15) is 28.3 Å². The van der Waals surface area contributed by atoms with Crippen LogP contribution < -0.4 is 5.73 Å². The summed E-state index contributed by atoms with van der Waals surface area (Å²) in [6.07, 6.45) is 3.11. The molecule has 0 saturated heterocycles. The number of hydrogen-bond acceptors (Lipinski definition) is 2. The van der Waals surface area contributed by atoms with Crippen molar-refractivity contribution in [3.63, 3.8) is 0 Å². The maximum atomic E-state index is 14.0. The molecule has 0 aliphatic rings. The number of aryl methyl sites for hydroxylation is 2. The highest BCUT2D eigenvalue weighted by atomic mass is 35.5. The molecule has 0 aliphatic carbocycles. The van der Waals surface area contributed by atoms with Crippen molar-refractivity contribution >= 4 is 11.6 Å². The summed E-state index contributed by atoms with van der Waals surface area (Å²) >= 11 is 6.04. The molecule has 2 N–H and O–H groups in total. The number of nitrogens with zero attached hydrogens (tertiary/aromatic N) is 1. The van der Waals surface area contributed by atoms with Crippen LogP contribution in [0, 0.1) is 19.7 Å². The van der Waals surface area contributed by atoms with Crippen molar-refractivity contribution in [3.8, 4) is 0 Å². The molecule has 0 spiro atoms. The Morgan fingerprint density at radius 2 is 2.06 bits per heavy atom. The van der Waals surface area contributed by atoms with E-state index in [-0.39, 0.29) is 5.82 Å². The molecule has 1 heterocycles. The molecule has 1 aromatic heterocycles. The van der Waals surface area contributed by atoms with E-state index in [1.165, 1.54) is 12.3 Å². The van der Waals surface area contributed by atoms with Crippen molar-refractivity contribution in [2.45, 2.75) is 19.9 Å². The Balaban J connectivity index is 2.53. The average Bonchev–Trinajstić information content (AvgIpc) is 2.27. The molecule has 18 heavy (non-hydrogen) atoms. The van der Waals surface area contributed by atoms with Gasteiger partial charge in [-0.2, -0.15) is 0 Å². The second-order valence-electron chi connectivity index (χ2n) is 4.35. The Labute approximate surface area is 111 Å². The summed E-state index contributed by atoms with van der Waals surface area (Å²) in [4.78, 5) is 3.90. The van der Waals surface area contributed by atoms with Gasteiger partial charge in [0, 0.05) is 18.0 Å². The maximum Gasteiger partial charge on any atom is 0.128 e.